The first-order valence-electron chi connectivity index (χ1n) is 4.41. The van der Waals surface area contributed by atoms with Gasteiger partial charge in [-0.1, -0.05) is 0 Å². The van der Waals surface area contributed by atoms with E-state index in [2.05, 4.69) is 6.08 Å². The molecule has 1 aliphatic carbocycles. The Bertz CT molecular complexity index is 179. The minimum absolute atomic E-state index is 0. The van der Waals surface area contributed by atoms with Crippen LogP contribution in [0, 0.1) is 6.08 Å². The van der Waals surface area contributed by atoms with Crippen molar-refractivity contribution in [3.8, 4) is 0 Å². The van der Waals surface area contributed by atoms with Gasteiger partial charge in [0.1, 0.15) is 0 Å². The normalized spacial score (nSPS) is 11.4. The van der Waals surface area contributed by atoms with Crippen molar-refractivity contribution in [2.75, 3.05) is 21.3 Å². The van der Waals surface area contributed by atoms with Gasteiger partial charge in [0.15, 0.2) is 0 Å². The van der Waals surface area contributed by atoms with Gasteiger partial charge in [0.05, 0.1) is 0 Å². The third-order valence-electron chi connectivity index (χ3n) is 1.34. The molecule has 0 heterocycles. The van der Waals surface area contributed by atoms with E-state index < -0.39 is 13.7 Å². The number of rotatable bonds is 1. The monoisotopic (exact) mass is 373 g/mol. The van der Waals surface area contributed by atoms with Crippen LogP contribution in [0.15, 0.2) is 16.6 Å². The van der Waals surface area contributed by atoms with Crippen LogP contribution in [0.3, 0.4) is 0 Å². The molecule has 0 fully saturated rings. The minimum Gasteiger partial charge on any atom is 0 e. The van der Waals surface area contributed by atoms with Gasteiger partial charge < -0.3 is 15.3 Å². The van der Waals surface area contributed by atoms with E-state index in [9.17, 15) is 3.50 Å². The summed E-state index contributed by atoms with van der Waals surface area (Å²) in [5.74, 6) is 3.47. The number of aliphatic hydroxyl groups excluding tert-OH is 3. The van der Waals surface area contributed by atoms with Crippen LogP contribution < -0.4 is 0 Å². The summed E-state index contributed by atoms with van der Waals surface area (Å²) in [6.07, 6.45) is 7.66. The standard InChI is InChI=1S/C7H10FGe.3CH4O.Zr/c1-9(2,8)7-5-3-4-6-7;3*1-2;/h3,5H,4H2,1-2H3;3*2H,1H3;/q-1;;;;. The quantitative estimate of drug-likeness (QED) is 0.479. The van der Waals surface area contributed by atoms with Crippen molar-refractivity contribution in [1.29, 1.82) is 0 Å². The largest absolute Gasteiger partial charge is 0 e. The van der Waals surface area contributed by atoms with E-state index in [0.717, 1.165) is 32.2 Å². The van der Waals surface area contributed by atoms with Crippen molar-refractivity contribution >= 4 is 13.7 Å². The fourth-order valence-electron chi connectivity index (χ4n) is 0.813. The van der Waals surface area contributed by atoms with Crippen LogP contribution in [0.5, 0.6) is 0 Å². The fraction of sp³-hybridized carbons (Fsp3) is 0.600. The van der Waals surface area contributed by atoms with Crippen LogP contribution >= 0.6 is 0 Å². The molecular weight excluding hydrogens is 351 g/mol. The molecule has 0 bridgehead atoms. The van der Waals surface area contributed by atoms with Crippen molar-refractivity contribution in [2.24, 2.45) is 0 Å². The minimum atomic E-state index is -2.96. The molecule has 6 heteroatoms. The van der Waals surface area contributed by atoms with Gasteiger partial charge in [0.25, 0.3) is 0 Å². The van der Waals surface area contributed by atoms with Crippen molar-refractivity contribution in [1.82, 2.24) is 0 Å². The van der Waals surface area contributed by atoms with Gasteiger partial charge in [-0.25, -0.2) is 0 Å². The summed E-state index contributed by atoms with van der Waals surface area (Å²) in [5, 5.41) is 21.0. The van der Waals surface area contributed by atoms with Gasteiger partial charge in [0.2, 0.25) is 0 Å². The molecule has 3 N–H and O–H groups in total. The van der Waals surface area contributed by atoms with Gasteiger partial charge in [0, 0.05) is 47.5 Å². The number of allylic oxidation sites excluding steroid dienone is 4. The fourth-order valence-corrected chi connectivity index (χ4v) is 2.99. The predicted octanol–water partition coefficient (Wildman–Crippen LogP) is 1.21. The van der Waals surface area contributed by atoms with E-state index in [1.165, 1.54) is 0 Å². The molecule has 0 saturated carbocycles. The molecule has 16 heavy (non-hydrogen) atoms. The van der Waals surface area contributed by atoms with E-state index in [1.807, 2.05) is 12.2 Å². The SMILES string of the molecule is CO.CO.CO.[CH3][Ge]([CH3])([F])[C]1=[C-]CC=C1.[Zr]. The second-order valence-electron chi connectivity index (χ2n) is 2.67. The second kappa shape index (κ2) is 18.1. The maximum Gasteiger partial charge on any atom is 0 e. The van der Waals surface area contributed by atoms with Gasteiger partial charge >= 0.3 is 57.8 Å². The Hall–Kier alpha value is 0.716. The average Bonchev–Trinajstić information content (AvgIpc) is 2.79. The zero-order valence-corrected chi connectivity index (χ0v) is 15.1. The summed E-state index contributed by atoms with van der Waals surface area (Å²) in [7, 11) is 3.00. The Morgan fingerprint density at radius 3 is 1.62 bits per heavy atom. The topological polar surface area (TPSA) is 60.7 Å². The van der Waals surface area contributed by atoms with E-state index >= 15 is 0 Å². The molecule has 0 aromatic rings. The van der Waals surface area contributed by atoms with Crippen molar-refractivity contribution in [3.63, 3.8) is 0 Å². The summed E-state index contributed by atoms with van der Waals surface area (Å²) in [4.78, 5) is 0. The number of hydrogen-bond acceptors (Lipinski definition) is 3. The third kappa shape index (κ3) is 14.7. The van der Waals surface area contributed by atoms with Crippen molar-refractivity contribution < 1.29 is 45.0 Å². The average molecular weight is 373 g/mol. The summed E-state index contributed by atoms with van der Waals surface area (Å²) < 4.78 is 14.0. The molecule has 96 valence electrons. The van der Waals surface area contributed by atoms with Crippen LogP contribution in [0.25, 0.3) is 0 Å². The third-order valence-corrected chi connectivity index (χ3v) is 4.74. The maximum absolute atomic E-state index is 13.1. The Balaban J connectivity index is -0.0000000900. The second-order valence-corrected chi connectivity index (χ2v) is 9.98. The van der Waals surface area contributed by atoms with Crippen molar-refractivity contribution in [2.45, 2.75) is 17.9 Å². The zero-order chi connectivity index (χ0) is 12.9. The first-order valence-corrected chi connectivity index (χ1v) is 10.5. The smallest absolute Gasteiger partial charge is 0 e. The summed E-state index contributed by atoms with van der Waals surface area (Å²) in [6.45, 7) is 0. The van der Waals surface area contributed by atoms with E-state index in [1.54, 1.807) is 11.5 Å². The summed E-state index contributed by atoms with van der Waals surface area (Å²) in [5.41, 5.74) is 0. The van der Waals surface area contributed by atoms with Crippen LogP contribution in [-0.4, -0.2) is 50.4 Å². The van der Waals surface area contributed by atoms with Crippen LogP contribution in [0.2, 0.25) is 11.5 Å². The molecule has 0 spiro atoms. The molecule has 0 atom stereocenters. The van der Waals surface area contributed by atoms with E-state index in [-0.39, 0.29) is 26.2 Å². The van der Waals surface area contributed by atoms with Gasteiger partial charge in [-0.3, -0.25) is 0 Å². The molecule has 1 aliphatic rings. The molecule has 0 aliphatic heterocycles. The van der Waals surface area contributed by atoms with Crippen molar-refractivity contribution in [3.05, 3.63) is 22.6 Å². The van der Waals surface area contributed by atoms with E-state index in [4.69, 9.17) is 15.3 Å². The molecular formula is C10H22FGeO3Zr-. The van der Waals surface area contributed by atoms with E-state index in [0.29, 0.717) is 0 Å². The summed E-state index contributed by atoms with van der Waals surface area (Å²) in [6, 6.07) is 0. The molecule has 3 nitrogen and oxygen atoms in total. The first kappa shape index (κ1) is 25.5. The van der Waals surface area contributed by atoms with Crippen LogP contribution in [0.1, 0.15) is 6.42 Å². The van der Waals surface area contributed by atoms with Crippen LogP contribution in [0.4, 0.5) is 3.50 Å². The summed E-state index contributed by atoms with van der Waals surface area (Å²) >= 11 is -2.96. The van der Waals surface area contributed by atoms with Gasteiger partial charge in [-0.05, 0) is 0 Å². The molecule has 0 unspecified atom stereocenters. The molecule has 0 aromatic carbocycles. The number of halogens is 1. The molecule has 0 saturated heterocycles. The number of aliphatic hydroxyl groups is 3. The van der Waals surface area contributed by atoms with Gasteiger partial charge in [-0.2, -0.15) is 0 Å². The Morgan fingerprint density at radius 2 is 1.50 bits per heavy atom. The zero-order valence-electron chi connectivity index (χ0n) is 10.6. The van der Waals surface area contributed by atoms with Crippen LogP contribution in [-0.2, 0) is 26.2 Å². The molecule has 0 radical (unpaired) electrons. The Labute approximate surface area is 120 Å². The van der Waals surface area contributed by atoms with Gasteiger partial charge in [-0.15, -0.1) is 0 Å². The molecule has 0 amide bonds. The first-order chi connectivity index (χ1) is 7.11. The number of hydrogen-bond donors (Lipinski definition) is 3. The predicted molar refractivity (Wildman–Crippen MR) is 63.5 cm³/mol. The Morgan fingerprint density at radius 1 is 1.12 bits per heavy atom. The molecule has 0 aromatic heterocycles. The maximum atomic E-state index is 13.1. The molecule has 1 rings (SSSR count). The Kier molecular flexibility index (Phi) is 28.9.